The second-order valence-electron chi connectivity index (χ2n) is 11.4. The average Bonchev–Trinajstić information content (AvgIpc) is 2.98. The van der Waals surface area contributed by atoms with Crippen molar-refractivity contribution in [2.75, 3.05) is 19.8 Å². The fourth-order valence-electron chi connectivity index (χ4n) is 4.37. The Balaban J connectivity index is 3.95. The van der Waals surface area contributed by atoms with E-state index in [9.17, 15) is 34.1 Å². The number of ether oxygens (including phenoxy) is 1. The molecule has 0 aliphatic heterocycles. The molecule has 0 aromatic carbocycles. The first kappa shape index (κ1) is 42.2. The van der Waals surface area contributed by atoms with Crippen LogP contribution in [-0.4, -0.2) is 64.9 Å². The SMILES string of the molecule is CCCCCCCC/C=C\CCCCCCCCCC(=O)NC(COP(=O)(O)OCC(O)COC(=O)CCCCC)C(=O)O. The number of nitrogens with one attached hydrogen (secondary N) is 1. The van der Waals surface area contributed by atoms with Gasteiger partial charge in [0.1, 0.15) is 12.7 Å². The molecule has 258 valence electrons. The number of carbonyl (C=O) groups excluding carboxylic acids is 2. The highest BCUT2D eigenvalue weighted by Gasteiger charge is 2.28. The van der Waals surface area contributed by atoms with E-state index in [0.29, 0.717) is 12.8 Å². The Morgan fingerprint density at radius 2 is 1.18 bits per heavy atom. The van der Waals surface area contributed by atoms with Crippen LogP contribution in [0.4, 0.5) is 0 Å². The van der Waals surface area contributed by atoms with Gasteiger partial charge in [-0.1, -0.05) is 103 Å². The van der Waals surface area contributed by atoms with Gasteiger partial charge in [0, 0.05) is 12.8 Å². The van der Waals surface area contributed by atoms with Crippen molar-refractivity contribution in [1.29, 1.82) is 0 Å². The summed E-state index contributed by atoms with van der Waals surface area (Å²) in [6.07, 6.45) is 23.5. The van der Waals surface area contributed by atoms with Crippen LogP contribution in [0.5, 0.6) is 0 Å². The Kier molecular flexibility index (Phi) is 27.5. The van der Waals surface area contributed by atoms with E-state index in [1.807, 2.05) is 6.92 Å². The van der Waals surface area contributed by atoms with Gasteiger partial charge in [0.2, 0.25) is 5.91 Å². The number of unbranched alkanes of at least 4 members (excludes halogenated alkanes) is 15. The van der Waals surface area contributed by atoms with Crippen molar-refractivity contribution < 1.29 is 47.8 Å². The van der Waals surface area contributed by atoms with E-state index in [1.165, 1.54) is 57.8 Å². The molecule has 0 aliphatic carbocycles. The van der Waals surface area contributed by atoms with Gasteiger partial charge >= 0.3 is 19.8 Å². The molecule has 0 aromatic heterocycles. The summed E-state index contributed by atoms with van der Waals surface area (Å²) >= 11 is 0. The Labute approximate surface area is 265 Å². The van der Waals surface area contributed by atoms with Gasteiger partial charge in [0.15, 0.2) is 6.04 Å². The number of amides is 1. The Bertz CT molecular complexity index is 823. The van der Waals surface area contributed by atoms with Crippen LogP contribution in [0.15, 0.2) is 12.2 Å². The van der Waals surface area contributed by atoms with E-state index in [-0.39, 0.29) is 12.8 Å². The van der Waals surface area contributed by atoms with Crippen LogP contribution < -0.4 is 5.32 Å². The van der Waals surface area contributed by atoms with Crippen LogP contribution in [-0.2, 0) is 32.7 Å². The molecule has 1 amide bonds. The molecule has 0 radical (unpaired) electrons. The van der Waals surface area contributed by atoms with Crippen molar-refractivity contribution in [1.82, 2.24) is 5.32 Å². The fraction of sp³-hybridized carbons (Fsp3) is 0.844. The predicted octanol–water partition coefficient (Wildman–Crippen LogP) is 6.99. The quantitative estimate of drug-likeness (QED) is 0.0266. The molecular weight excluding hydrogens is 589 g/mol. The van der Waals surface area contributed by atoms with Crippen molar-refractivity contribution in [3.05, 3.63) is 12.2 Å². The second kappa shape index (κ2) is 28.7. The summed E-state index contributed by atoms with van der Waals surface area (Å²) < 4.78 is 26.3. The van der Waals surface area contributed by atoms with Crippen LogP contribution in [0.1, 0.15) is 142 Å². The second-order valence-corrected chi connectivity index (χ2v) is 12.8. The fourth-order valence-corrected chi connectivity index (χ4v) is 5.14. The molecule has 12 heteroatoms. The zero-order valence-corrected chi connectivity index (χ0v) is 28.1. The van der Waals surface area contributed by atoms with E-state index in [1.54, 1.807) is 0 Å². The molecule has 0 saturated carbocycles. The lowest BCUT2D eigenvalue weighted by Crippen LogP contribution is -2.43. The van der Waals surface area contributed by atoms with E-state index in [2.05, 4.69) is 28.9 Å². The standard InChI is InChI=1S/C32H60NO10P/c1-3-5-7-8-9-10-11-12-13-14-15-16-17-18-19-20-22-23-30(35)33-29(32(37)38)27-43-44(39,40)42-26-28(34)25-41-31(36)24-21-6-4-2/h12-13,28-29,34H,3-11,14-27H2,1-2H3,(H,33,35)(H,37,38)(H,39,40)/b13-12-. The van der Waals surface area contributed by atoms with Crippen LogP contribution >= 0.6 is 7.82 Å². The van der Waals surface area contributed by atoms with Gasteiger partial charge in [-0.2, -0.15) is 0 Å². The van der Waals surface area contributed by atoms with Gasteiger partial charge in [-0.15, -0.1) is 0 Å². The van der Waals surface area contributed by atoms with Gasteiger partial charge in [0.05, 0.1) is 13.2 Å². The normalized spacial score (nSPS) is 14.3. The van der Waals surface area contributed by atoms with Gasteiger partial charge in [-0.25, -0.2) is 9.36 Å². The van der Waals surface area contributed by atoms with Gasteiger partial charge in [-0.05, 0) is 38.5 Å². The van der Waals surface area contributed by atoms with Crippen LogP contribution in [0, 0.1) is 0 Å². The third kappa shape index (κ3) is 27.7. The van der Waals surface area contributed by atoms with Crippen LogP contribution in [0.3, 0.4) is 0 Å². The zero-order chi connectivity index (χ0) is 32.9. The van der Waals surface area contributed by atoms with Gasteiger partial charge < -0.3 is 25.2 Å². The van der Waals surface area contributed by atoms with E-state index >= 15 is 0 Å². The number of carboxylic acids is 1. The van der Waals surface area contributed by atoms with Crippen LogP contribution in [0.2, 0.25) is 0 Å². The molecular formula is C32H60NO10P. The smallest absolute Gasteiger partial charge is 0.472 e. The summed E-state index contributed by atoms with van der Waals surface area (Å²) in [5, 5.41) is 21.5. The van der Waals surface area contributed by atoms with Gasteiger partial charge in [-0.3, -0.25) is 18.6 Å². The minimum Gasteiger partial charge on any atom is -0.480 e. The minimum atomic E-state index is -4.73. The number of esters is 1. The molecule has 4 N–H and O–H groups in total. The summed E-state index contributed by atoms with van der Waals surface area (Å²) in [7, 11) is -4.73. The third-order valence-corrected chi connectivity index (χ3v) is 8.01. The minimum absolute atomic E-state index is 0.143. The molecule has 0 saturated heterocycles. The maximum Gasteiger partial charge on any atom is 0.472 e. The summed E-state index contributed by atoms with van der Waals surface area (Å²) in [6, 6.07) is -1.54. The lowest BCUT2D eigenvalue weighted by molar-refractivity contribution is -0.147. The zero-order valence-electron chi connectivity index (χ0n) is 27.2. The number of phosphoric ester groups is 1. The van der Waals surface area contributed by atoms with Gasteiger partial charge in [0.25, 0.3) is 0 Å². The Morgan fingerprint density at radius 1 is 0.705 bits per heavy atom. The number of rotatable bonds is 31. The number of hydrogen-bond donors (Lipinski definition) is 4. The highest BCUT2D eigenvalue weighted by Crippen LogP contribution is 2.43. The molecule has 3 unspecified atom stereocenters. The number of aliphatic hydroxyl groups excluding tert-OH is 1. The average molecular weight is 650 g/mol. The summed E-state index contributed by atoms with van der Waals surface area (Å²) in [6.45, 7) is 2.34. The molecule has 0 rings (SSSR count). The first-order chi connectivity index (χ1) is 21.1. The van der Waals surface area contributed by atoms with Crippen molar-refractivity contribution in [2.45, 2.75) is 154 Å². The number of carboxylic acid groups (broad SMARTS) is 1. The van der Waals surface area contributed by atoms with Crippen LogP contribution in [0.25, 0.3) is 0 Å². The number of phosphoric acid groups is 1. The summed E-state index contributed by atoms with van der Waals surface area (Å²) in [5.41, 5.74) is 0. The third-order valence-electron chi connectivity index (χ3n) is 7.05. The highest BCUT2D eigenvalue weighted by molar-refractivity contribution is 7.47. The maximum atomic E-state index is 12.2. The molecule has 44 heavy (non-hydrogen) atoms. The molecule has 0 heterocycles. The Hall–Kier alpha value is -1.78. The molecule has 0 spiro atoms. The lowest BCUT2D eigenvalue weighted by Gasteiger charge is -2.18. The predicted molar refractivity (Wildman–Crippen MR) is 171 cm³/mol. The molecule has 0 aromatic rings. The monoisotopic (exact) mass is 649 g/mol. The summed E-state index contributed by atoms with van der Waals surface area (Å²) in [5.74, 6) is -2.40. The van der Waals surface area contributed by atoms with Crippen molar-refractivity contribution >= 4 is 25.7 Å². The molecule has 0 aliphatic rings. The maximum absolute atomic E-state index is 12.2. The van der Waals surface area contributed by atoms with Crippen molar-refractivity contribution in [2.24, 2.45) is 0 Å². The first-order valence-electron chi connectivity index (χ1n) is 16.7. The van der Waals surface area contributed by atoms with E-state index in [4.69, 9.17) is 9.26 Å². The molecule has 3 atom stereocenters. The number of aliphatic hydroxyl groups is 1. The molecule has 0 fully saturated rings. The number of carbonyl (C=O) groups is 3. The van der Waals surface area contributed by atoms with E-state index in [0.717, 1.165) is 44.9 Å². The Morgan fingerprint density at radius 3 is 1.75 bits per heavy atom. The number of hydrogen-bond acceptors (Lipinski definition) is 8. The number of allylic oxidation sites excluding steroid dienone is 2. The van der Waals surface area contributed by atoms with Crippen molar-refractivity contribution in [3.8, 4) is 0 Å². The molecule has 0 bridgehead atoms. The van der Waals surface area contributed by atoms with Crippen molar-refractivity contribution in [3.63, 3.8) is 0 Å². The molecule has 11 nitrogen and oxygen atoms in total. The summed E-state index contributed by atoms with van der Waals surface area (Å²) in [4.78, 5) is 45.1. The number of aliphatic carboxylic acids is 1. The topological polar surface area (TPSA) is 169 Å². The first-order valence-corrected chi connectivity index (χ1v) is 18.2. The largest absolute Gasteiger partial charge is 0.480 e. The lowest BCUT2D eigenvalue weighted by atomic mass is 10.1. The highest BCUT2D eigenvalue weighted by atomic mass is 31.2. The van der Waals surface area contributed by atoms with E-state index < -0.39 is 57.6 Å².